The molecule has 180 valence electrons. The molecule has 1 aromatic carbocycles. The number of carboxylic acid groups (broad SMARTS) is 1. The van der Waals surface area contributed by atoms with Gasteiger partial charge in [-0.2, -0.15) is 0 Å². The van der Waals surface area contributed by atoms with Gasteiger partial charge in [-0.25, -0.2) is 15.0 Å². The maximum Gasteiger partial charge on any atom is 0.313 e. The van der Waals surface area contributed by atoms with Crippen molar-refractivity contribution in [2.45, 2.75) is 26.7 Å². The van der Waals surface area contributed by atoms with Gasteiger partial charge in [0.05, 0.1) is 37.1 Å². The Morgan fingerprint density at radius 2 is 1.60 bits per heavy atom. The first kappa shape index (κ1) is 23.9. The second-order valence-corrected chi connectivity index (χ2v) is 8.13. The van der Waals surface area contributed by atoms with Crippen LogP contribution in [0.15, 0.2) is 61.2 Å². The lowest BCUT2D eigenvalue weighted by molar-refractivity contribution is -0.151. The van der Waals surface area contributed by atoms with Gasteiger partial charge in [-0.3, -0.25) is 9.78 Å². The number of hydrogen-bond donors (Lipinski definition) is 2. The molecule has 3 aromatic heterocycles. The number of pyridine rings is 1. The molecule has 0 spiro atoms. The number of carboxylic acids is 1. The summed E-state index contributed by atoms with van der Waals surface area (Å²) in [4.78, 5) is 32.6. The lowest BCUT2D eigenvalue weighted by Crippen LogP contribution is -2.36. The zero-order chi connectivity index (χ0) is 24.8. The molecule has 0 fully saturated rings. The molecule has 0 aliphatic heterocycles. The predicted molar refractivity (Wildman–Crippen MR) is 131 cm³/mol. The summed E-state index contributed by atoms with van der Waals surface area (Å²) in [6, 6.07) is 11.5. The molecule has 0 saturated carbocycles. The molecule has 0 aliphatic rings. The molecule has 3 heterocycles. The van der Waals surface area contributed by atoms with Crippen molar-refractivity contribution in [1.82, 2.24) is 24.9 Å². The Bertz CT molecular complexity index is 1260. The summed E-state index contributed by atoms with van der Waals surface area (Å²) in [7, 11) is 1.64. The number of methoxy groups -OCH3 is 1. The molecule has 0 bridgehead atoms. The number of carbonyl (C=O) groups is 1. The highest BCUT2D eigenvalue weighted by atomic mass is 16.5. The van der Waals surface area contributed by atoms with E-state index in [0.717, 1.165) is 22.6 Å². The van der Waals surface area contributed by atoms with Crippen LogP contribution in [-0.4, -0.2) is 49.7 Å². The fraction of sp³-hybridized carbons (Fsp3) is 0.269. The highest BCUT2D eigenvalue weighted by Crippen LogP contribution is 2.28. The quantitative estimate of drug-likeness (QED) is 0.334. The van der Waals surface area contributed by atoms with Crippen molar-refractivity contribution in [3.8, 4) is 45.7 Å². The van der Waals surface area contributed by atoms with Crippen LogP contribution in [0.1, 0.15) is 26.7 Å². The smallest absolute Gasteiger partial charge is 0.313 e. The fourth-order valence-corrected chi connectivity index (χ4v) is 3.62. The predicted octanol–water partition coefficient (Wildman–Crippen LogP) is 4.87. The van der Waals surface area contributed by atoms with E-state index in [9.17, 15) is 9.90 Å². The van der Waals surface area contributed by atoms with Crippen LogP contribution in [0.25, 0.3) is 34.0 Å². The van der Waals surface area contributed by atoms with E-state index < -0.39 is 11.4 Å². The molecule has 9 heteroatoms. The van der Waals surface area contributed by atoms with Crippen molar-refractivity contribution in [1.29, 1.82) is 0 Å². The van der Waals surface area contributed by atoms with E-state index in [1.807, 2.05) is 50.2 Å². The summed E-state index contributed by atoms with van der Waals surface area (Å²) in [5, 5.41) is 9.54. The van der Waals surface area contributed by atoms with Crippen molar-refractivity contribution in [3.63, 3.8) is 0 Å². The first-order chi connectivity index (χ1) is 17.0. The summed E-state index contributed by atoms with van der Waals surface area (Å²) in [5.74, 6) is 0.869. The molecular formula is C26H27N5O4. The van der Waals surface area contributed by atoms with Crippen LogP contribution in [0.2, 0.25) is 0 Å². The van der Waals surface area contributed by atoms with E-state index >= 15 is 0 Å². The standard InChI is InChI=1S/C26H27N5O4/c1-4-26(5-2,25(32)33)16-35-23-15-28-21(13-29-23)18-8-11-20(27-12-18)24-30-14-22(31-24)17-6-9-19(34-3)10-7-17/h6-15H,4-5,16H2,1-3H3,(H,30,31)(H,32,33). The van der Waals surface area contributed by atoms with E-state index in [-0.39, 0.29) is 12.5 Å². The van der Waals surface area contributed by atoms with Crippen LogP contribution in [-0.2, 0) is 4.79 Å². The van der Waals surface area contributed by atoms with Gasteiger partial charge in [0.1, 0.15) is 23.5 Å². The zero-order valence-electron chi connectivity index (χ0n) is 19.9. The number of aromatic amines is 1. The van der Waals surface area contributed by atoms with Crippen LogP contribution >= 0.6 is 0 Å². The minimum absolute atomic E-state index is 0.0429. The molecule has 0 unspecified atom stereocenters. The van der Waals surface area contributed by atoms with Crippen molar-refractivity contribution in [2.75, 3.05) is 13.7 Å². The number of hydrogen-bond acceptors (Lipinski definition) is 7. The van der Waals surface area contributed by atoms with Gasteiger partial charge in [0, 0.05) is 11.8 Å². The summed E-state index contributed by atoms with van der Waals surface area (Å²) >= 11 is 0. The largest absolute Gasteiger partial charge is 0.497 e. The van der Waals surface area contributed by atoms with Gasteiger partial charge < -0.3 is 19.6 Å². The third-order valence-corrected chi connectivity index (χ3v) is 6.21. The number of rotatable bonds is 10. The molecule has 35 heavy (non-hydrogen) atoms. The van der Waals surface area contributed by atoms with Crippen molar-refractivity contribution >= 4 is 5.97 Å². The second-order valence-electron chi connectivity index (χ2n) is 8.13. The van der Waals surface area contributed by atoms with E-state index in [0.29, 0.717) is 30.1 Å². The van der Waals surface area contributed by atoms with Gasteiger partial charge in [0.25, 0.3) is 0 Å². The minimum atomic E-state index is -0.931. The van der Waals surface area contributed by atoms with Crippen LogP contribution in [0, 0.1) is 5.41 Å². The maximum atomic E-state index is 11.6. The number of ether oxygens (including phenoxy) is 2. The summed E-state index contributed by atoms with van der Waals surface area (Å²) < 4.78 is 10.8. The Labute approximate surface area is 203 Å². The third kappa shape index (κ3) is 5.13. The first-order valence-electron chi connectivity index (χ1n) is 11.3. The average molecular weight is 474 g/mol. The van der Waals surface area contributed by atoms with Crippen molar-refractivity contribution < 1.29 is 19.4 Å². The topological polar surface area (TPSA) is 123 Å². The summed E-state index contributed by atoms with van der Waals surface area (Å²) in [5.41, 5.74) is 3.07. The molecule has 0 saturated heterocycles. The van der Waals surface area contributed by atoms with Gasteiger partial charge in [0.2, 0.25) is 5.88 Å². The van der Waals surface area contributed by atoms with Crippen molar-refractivity contribution in [3.05, 3.63) is 61.2 Å². The van der Waals surface area contributed by atoms with Crippen LogP contribution < -0.4 is 9.47 Å². The lowest BCUT2D eigenvalue weighted by atomic mass is 9.83. The van der Waals surface area contributed by atoms with E-state index in [2.05, 4.69) is 24.9 Å². The monoisotopic (exact) mass is 473 g/mol. The summed E-state index contributed by atoms with van der Waals surface area (Å²) in [6.07, 6.45) is 7.50. The number of nitrogens with one attached hydrogen (secondary N) is 1. The summed E-state index contributed by atoms with van der Waals surface area (Å²) in [6.45, 7) is 3.73. The molecule has 0 radical (unpaired) electrons. The Morgan fingerprint density at radius 1 is 0.886 bits per heavy atom. The zero-order valence-corrected chi connectivity index (χ0v) is 19.9. The van der Waals surface area contributed by atoms with Crippen LogP contribution in [0.4, 0.5) is 0 Å². The number of aromatic nitrogens is 5. The Kier molecular flexibility index (Phi) is 7.05. The molecule has 0 amide bonds. The molecular weight excluding hydrogens is 446 g/mol. The van der Waals surface area contributed by atoms with Gasteiger partial charge in [-0.05, 0) is 54.8 Å². The molecule has 9 nitrogen and oxygen atoms in total. The lowest BCUT2D eigenvalue weighted by Gasteiger charge is -2.26. The number of aliphatic carboxylic acids is 1. The van der Waals surface area contributed by atoms with Crippen LogP contribution in [0.3, 0.4) is 0 Å². The Hall–Kier alpha value is -4.27. The number of benzene rings is 1. The minimum Gasteiger partial charge on any atom is -0.497 e. The molecule has 2 N–H and O–H groups in total. The van der Waals surface area contributed by atoms with E-state index in [1.54, 1.807) is 25.7 Å². The van der Waals surface area contributed by atoms with Gasteiger partial charge in [0.15, 0.2) is 5.82 Å². The average Bonchev–Trinajstić information content (AvgIpc) is 3.40. The molecule has 0 aliphatic carbocycles. The molecule has 4 aromatic rings. The molecule has 4 rings (SSSR count). The van der Waals surface area contributed by atoms with Gasteiger partial charge >= 0.3 is 5.97 Å². The van der Waals surface area contributed by atoms with Gasteiger partial charge in [-0.15, -0.1) is 0 Å². The SMILES string of the molecule is CCC(CC)(COc1cnc(-c2ccc(-c3ncc(-c4ccc(OC)cc4)[nH]3)nc2)cn1)C(=O)O. The fourth-order valence-electron chi connectivity index (χ4n) is 3.62. The van der Waals surface area contributed by atoms with Crippen molar-refractivity contribution in [2.24, 2.45) is 5.41 Å². The first-order valence-corrected chi connectivity index (χ1v) is 11.3. The highest BCUT2D eigenvalue weighted by molar-refractivity contribution is 5.74. The number of imidazole rings is 1. The normalized spacial score (nSPS) is 11.3. The number of nitrogens with zero attached hydrogens (tertiary/aromatic N) is 4. The van der Waals surface area contributed by atoms with Gasteiger partial charge in [-0.1, -0.05) is 13.8 Å². The number of H-pyrrole nitrogens is 1. The Balaban J connectivity index is 1.43. The van der Waals surface area contributed by atoms with Crippen LogP contribution in [0.5, 0.6) is 11.6 Å². The highest BCUT2D eigenvalue weighted by Gasteiger charge is 2.36. The van der Waals surface area contributed by atoms with E-state index in [1.165, 1.54) is 6.20 Å². The third-order valence-electron chi connectivity index (χ3n) is 6.21. The Morgan fingerprint density at radius 3 is 2.17 bits per heavy atom. The second kappa shape index (κ2) is 10.3. The van der Waals surface area contributed by atoms with E-state index in [4.69, 9.17) is 9.47 Å². The maximum absolute atomic E-state index is 11.6. The molecule has 0 atom stereocenters.